The Morgan fingerprint density at radius 3 is 1.83 bits per heavy atom. The summed E-state index contributed by atoms with van der Waals surface area (Å²) in [5.74, 6) is -0.806. The van der Waals surface area contributed by atoms with E-state index in [0.717, 1.165) is 12.8 Å². The quantitative estimate of drug-likeness (QED) is 0.368. The number of aliphatic carboxylic acids is 1. The van der Waals surface area contributed by atoms with E-state index in [0.29, 0.717) is 12.8 Å². The summed E-state index contributed by atoms with van der Waals surface area (Å²) in [4.78, 5) is 22.9. The van der Waals surface area contributed by atoms with Crippen LogP contribution in [0.15, 0.2) is 0 Å². The fourth-order valence-corrected chi connectivity index (χ4v) is 2.56. The van der Waals surface area contributed by atoms with Gasteiger partial charge in [-0.3, -0.25) is 4.79 Å². The summed E-state index contributed by atoms with van der Waals surface area (Å²) in [6, 6.07) is -0.744. The molecule has 0 spiro atoms. The zero-order chi connectivity index (χ0) is 16.8. The Labute approximate surface area is 185 Å². The van der Waals surface area contributed by atoms with Gasteiger partial charge in [0.25, 0.3) is 0 Å². The van der Waals surface area contributed by atoms with E-state index in [1.807, 2.05) is 13.8 Å². The molecule has 0 fully saturated rings. The normalized spacial score (nSPS) is 11.8. The molecule has 2 N–H and O–H groups in total. The van der Waals surface area contributed by atoms with Gasteiger partial charge in [-0.2, -0.15) is 0 Å². The summed E-state index contributed by atoms with van der Waals surface area (Å²) < 4.78 is 0. The molecule has 0 aromatic carbocycles. The molecule has 0 aromatic heterocycles. The van der Waals surface area contributed by atoms with Crippen molar-refractivity contribution in [3.63, 3.8) is 0 Å². The van der Waals surface area contributed by atoms with E-state index in [1.54, 1.807) is 0 Å². The molecule has 132 valence electrons. The molecule has 23 heavy (non-hydrogen) atoms. The van der Waals surface area contributed by atoms with Crippen LogP contribution in [0.4, 0.5) is 0 Å². The number of hydrogen-bond acceptors (Lipinski definition) is 2. The third-order valence-electron chi connectivity index (χ3n) is 3.85. The van der Waals surface area contributed by atoms with Gasteiger partial charge in [-0.15, -0.1) is 0 Å². The second-order valence-electron chi connectivity index (χ2n) is 6.67. The first-order chi connectivity index (χ1) is 10.5. The monoisotopic (exact) mass is 353 g/mol. The third-order valence-corrected chi connectivity index (χ3v) is 3.85. The van der Waals surface area contributed by atoms with Crippen LogP contribution in [0.2, 0.25) is 0 Å². The van der Waals surface area contributed by atoms with Crippen molar-refractivity contribution in [2.24, 2.45) is 5.92 Å². The Hall–Kier alpha value is 0.576. The molecule has 1 amide bonds. The number of amides is 1. The van der Waals surface area contributed by atoms with Gasteiger partial charge in [0.2, 0.25) is 5.91 Å². The molecule has 0 aromatic rings. The zero-order valence-corrected chi connectivity index (χ0v) is 14.7. The second kappa shape index (κ2) is 17.4. The summed E-state index contributed by atoms with van der Waals surface area (Å²) in [5, 5.41) is 11.7. The number of carboxylic acid groups (broad SMARTS) is 1. The molecular formula is C18H36KNO3. The van der Waals surface area contributed by atoms with Crippen LogP contribution in [0.25, 0.3) is 0 Å². The maximum atomic E-state index is 11.8. The average molecular weight is 354 g/mol. The molecule has 1 atom stereocenters. The summed E-state index contributed by atoms with van der Waals surface area (Å²) in [7, 11) is 0. The van der Waals surface area contributed by atoms with Gasteiger partial charge in [0.1, 0.15) is 6.04 Å². The first kappa shape index (κ1) is 25.8. The Morgan fingerprint density at radius 1 is 0.913 bits per heavy atom. The fraction of sp³-hybridized carbons (Fsp3) is 0.889. The molecular weight excluding hydrogens is 317 g/mol. The van der Waals surface area contributed by atoms with Crippen LogP contribution in [-0.4, -0.2) is 74.4 Å². The Morgan fingerprint density at radius 2 is 1.39 bits per heavy atom. The van der Waals surface area contributed by atoms with E-state index >= 15 is 0 Å². The molecule has 1 unspecified atom stereocenters. The topological polar surface area (TPSA) is 66.4 Å². The van der Waals surface area contributed by atoms with Gasteiger partial charge in [0.05, 0.1) is 0 Å². The van der Waals surface area contributed by atoms with Gasteiger partial charge in [-0.1, -0.05) is 72.1 Å². The number of unbranched alkanes of at least 4 members (excludes halogenated alkanes) is 8. The Balaban J connectivity index is 0. The minimum atomic E-state index is -0.936. The number of carbonyl (C=O) groups is 2. The van der Waals surface area contributed by atoms with Crippen molar-refractivity contribution >= 4 is 63.3 Å². The first-order valence-corrected chi connectivity index (χ1v) is 8.99. The van der Waals surface area contributed by atoms with Crippen molar-refractivity contribution in [1.29, 1.82) is 0 Å². The van der Waals surface area contributed by atoms with Crippen molar-refractivity contribution < 1.29 is 14.7 Å². The van der Waals surface area contributed by atoms with Crippen LogP contribution in [0.5, 0.6) is 0 Å². The Bertz CT molecular complexity index is 309. The molecule has 0 aliphatic carbocycles. The van der Waals surface area contributed by atoms with Crippen LogP contribution in [0, 0.1) is 5.92 Å². The van der Waals surface area contributed by atoms with Crippen molar-refractivity contribution in [1.82, 2.24) is 5.32 Å². The van der Waals surface area contributed by atoms with Crippen LogP contribution in [-0.2, 0) is 9.59 Å². The van der Waals surface area contributed by atoms with Crippen LogP contribution < -0.4 is 5.32 Å². The summed E-state index contributed by atoms with van der Waals surface area (Å²) in [6.45, 7) is 6.15. The molecule has 0 saturated carbocycles. The average Bonchev–Trinajstić information content (AvgIpc) is 2.44. The third kappa shape index (κ3) is 17.2. The molecule has 4 nitrogen and oxygen atoms in total. The fourth-order valence-electron chi connectivity index (χ4n) is 2.56. The Kier molecular flexibility index (Phi) is 19.5. The van der Waals surface area contributed by atoms with Crippen LogP contribution >= 0.6 is 0 Å². The van der Waals surface area contributed by atoms with Crippen LogP contribution in [0.3, 0.4) is 0 Å². The van der Waals surface area contributed by atoms with Crippen molar-refractivity contribution in [2.75, 3.05) is 0 Å². The number of hydrogen-bond donors (Lipinski definition) is 2. The summed E-state index contributed by atoms with van der Waals surface area (Å²) in [6.07, 6.45) is 11.8. The van der Waals surface area contributed by atoms with E-state index in [1.165, 1.54) is 44.9 Å². The number of rotatable bonds is 14. The maximum absolute atomic E-state index is 11.8. The minimum absolute atomic E-state index is 0. The van der Waals surface area contributed by atoms with Gasteiger partial charge in [-0.25, -0.2) is 4.79 Å². The van der Waals surface area contributed by atoms with Gasteiger partial charge in [0, 0.05) is 6.42 Å². The van der Waals surface area contributed by atoms with Crippen molar-refractivity contribution in [3.8, 4) is 0 Å². The number of carboxylic acids is 1. The van der Waals surface area contributed by atoms with Gasteiger partial charge in [0.15, 0.2) is 0 Å². The van der Waals surface area contributed by atoms with Crippen LogP contribution in [0.1, 0.15) is 91.4 Å². The number of carbonyl (C=O) groups excluding carboxylic acids is 1. The SMILES string of the molecule is CCCCCCCCCCCC(=O)NC(CC(C)C)C(=O)O.[KH]. The molecule has 0 saturated heterocycles. The summed E-state index contributed by atoms with van der Waals surface area (Å²) in [5.41, 5.74) is 0. The van der Waals surface area contributed by atoms with Gasteiger partial charge < -0.3 is 10.4 Å². The van der Waals surface area contributed by atoms with E-state index in [-0.39, 0.29) is 63.2 Å². The predicted octanol–water partition coefficient (Wildman–Crippen LogP) is 3.87. The van der Waals surface area contributed by atoms with Crippen molar-refractivity contribution in [2.45, 2.75) is 97.4 Å². The summed E-state index contributed by atoms with van der Waals surface area (Å²) >= 11 is 0. The predicted molar refractivity (Wildman–Crippen MR) is 98.0 cm³/mol. The van der Waals surface area contributed by atoms with E-state index < -0.39 is 12.0 Å². The van der Waals surface area contributed by atoms with Gasteiger partial charge >= 0.3 is 57.4 Å². The molecule has 0 rings (SSSR count). The molecule has 5 heteroatoms. The zero-order valence-electron chi connectivity index (χ0n) is 14.7. The molecule has 0 aliphatic heterocycles. The first-order valence-electron chi connectivity index (χ1n) is 8.99. The second-order valence-corrected chi connectivity index (χ2v) is 6.67. The van der Waals surface area contributed by atoms with E-state index in [9.17, 15) is 9.59 Å². The molecule has 0 bridgehead atoms. The van der Waals surface area contributed by atoms with Gasteiger partial charge in [-0.05, 0) is 18.8 Å². The van der Waals surface area contributed by atoms with E-state index in [4.69, 9.17) is 5.11 Å². The standard InChI is InChI=1S/C18H35NO3.K.H/c1-4-5-6-7-8-9-10-11-12-13-17(20)19-16(18(21)22)14-15(2)3;;/h15-16H,4-14H2,1-3H3,(H,19,20)(H,21,22);;. The number of nitrogens with one attached hydrogen (secondary N) is 1. The molecule has 0 radical (unpaired) electrons. The molecule has 0 heterocycles. The van der Waals surface area contributed by atoms with E-state index in [2.05, 4.69) is 12.2 Å². The molecule has 0 aliphatic rings. The van der Waals surface area contributed by atoms with Crippen molar-refractivity contribution in [3.05, 3.63) is 0 Å².